The van der Waals surface area contributed by atoms with Crippen LogP contribution in [0.1, 0.15) is 15.9 Å². The summed E-state index contributed by atoms with van der Waals surface area (Å²) in [5.74, 6) is -1.09. The Labute approximate surface area is 84.9 Å². The molecular weight excluding hydrogens is 268 g/mol. The minimum absolute atomic E-state index is 0.333. The molecule has 0 aliphatic rings. The summed E-state index contributed by atoms with van der Waals surface area (Å²) in [6.07, 6.45) is -4.65. The van der Waals surface area contributed by atoms with Gasteiger partial charge in [-0.05, 0) is 34.1 Å². The van der Waals surface area contributed by atoms with Crippen LogP contribution in [0, 0.1) is 5.82 Å². The lowest BCUT2D eigenvalue weighted by molar-refractivity contribution is -0.137. The molecule has 6 heteroatoms. The van der Waals surface area contributed by atoms with E-state index >= 15 is 0 Å². The average molecular weight is 271 g/mol. The molecule has 1 nitrogen and oxygen atoms in total. The van der Waals surface area contributed by atoms with Crippen molar-refractivity contribution in [3.8, 4) is 0 Å². The summed E-state index contributed by atoms with van der Waals surface area (Å²) in [4.78, 5) is 10.7. The van der Waals surface area contributed by atoms with Crippen molar-refractivity contribution in [3.05, 3.63) is 35.1 Å². The molecule has 0 aliphatic heterocycles. The van der Waals surface area contributed by atoms with Gasteiger partial charge < -0.3 is 0 Å². The molecule has 14 heavy (non-hydrogen) atoms. The Balaban J connectivity index is 3.28. The van der Waals surface area contributed by atoms with Gasteiger partial charge in [-0.2, -0.15) is 13.2 Å². The zero-order valence-electron chi connectivity index (χ0n) is 6.53. The van der Waals surface area contributed by atoms with Crippen molar-refractivity contribution in [2.45, 2.75) is 6.18 Å². The Morgan fingerprint density at radius 1 is 1.21 bits per heavy atom. The number of halogens is 5. The van der Waals surface area contributed by atoms with E-state index in [1.54, 1.807) is 0 Å². The van der Waals surface area contributed by atoms with Gasteiger partial charge in [-0.3, -0.25) is 4.79 Å². The largest absolute Gasteiger partial charge is 0.416 e. The monoisotopic (exact) mass is 270 g/mol. The predicted molar refractivity (Wildman–Crippen MR) is 44.7 cm³/mol. The zero-order valence-corrected chi connectivity index (χ0v) is 8.12. The van der Waals surface area contributed by atoms with Crippen LogP contribution in [-0.4, -0.2) is 4.69 Å². The third-order valence-electron chi connectivity index (χ3n) is 1.45. The van der Waals surface area contributed by atoms with Gasteiger partial charge in [0.05, 0.1) is 5.56 Å². The number of alkyl halides is 3. The van der Waals surface area contributed by atoms with E-state index in [1.807, 2.05) is 0 Å². The minimum Gasteiger partial charge on any atom is -0.281 e. The highest BCUT2D eigenvalue weighted by Crippen LogP contribution is 2.30. The molecular formula is C8H3BrF4O. The van der Waals surface area contributed by atoms with Crippen molar-refractivity contribution in [2.75, 3.05) is 0 Å². The number of hydrogen-bond donors (Lipinski definition) is 0. The van der Waals surface area contributed by atoms with Crippen LogP contribution in [0.2, 0.25) is 0 Å². The summed E-state index contributed by atoms with van der Waals surface area (Å²) in [7, 11) is 0. The highest BCUT2D eigenvalue weighted by Gasteiger charge is 2.31. The summed E-state index contributed by atoms with van der Waals surface area (Å²) in [5, 5.41) is 0. The Kier molecular flexibility index (Phi) is 2.94. The fraction of sp³-hybridized carbons (Fsp3) is 0.125. The van der Waals surface area contributed by atoms with Crippen molar-refractivity contribution in [1.82, 2.24) is 0 Å². The summed E-state index contributed by atoms with van der Waals surface area (Å²) >= 11 is 2.44. The van der Waals surface area contributed by atoms with E-state index in [1.165, 1.54) is 0 Å². The lowest BCUT2D eigenvalue weighted by atomic mass is 10.1. The standard InChI is InChI=1S/C8H3BrF4O/c9-7(14)4-1-5(8(11,12)13)3-6(10)2-4/h1-3H. The Morgan fingerprint density at radius 3 is 2.21 bits per heavy atom. The van der Waals surface area contributed by atoms with Crippen LogP contribution in [0.5, 0.6) is 0 Å². The van der Waals surface area contributed by atoms with Gasteiger partial charge in [-0.25, -0.2) is 4.39 Å². The lowest BCUT2D eigenvalue weighted by Crippen LogP contribution is -2.07. The van der Waals surface area contributed by atoms with E-state index < -0.39 is 22.2 Å². The van der Waals surface area contributed by atoms with Gasteiger partial charge in [-0.1, -0.05) is 0 Å². The molecule has 0 atom stereocenters. The van der Waals surface area contributed by atoms with E-state index in [0.717, 1.165) is 6.07 Å². The van der Waals surface area contributed by atoms with E-state index in [0.29, 0.717) is 12.1 Å². The maximum Gasteiger partial charge on any atom is 0.416 e. The van der Waals surface area contributed by atoms with Crippen LogP contribution < -0.4 is 0 Å². The number of hydrogen-bond acceptors (Lipinski definition) is 1. The molecule has 1 rings (SSSR count). The first-order valence-corrected chi connectivity index (χ1v) is 4.17. The molecule has 0 N–H and O–H groups in total. The van der Waals surface area contributed by atoms with Crippen LogP contribution >= 0.6 is 15.9 Å². The van der Waals surface area contributed by atoms with Gasteiger partial charge in [-0.15, -0.1) is 0 Å². The molecule has 0 heterocycles. The number of carbonyl (C=O) groups excluding carboxylic acids is 1. The van der Waals surface area contributed by atoms with Gasteiger partial charge >= 0.3 is 6.18 Å². The topological polar surface area (TPSA) is 17.1 Å². The lowest BCUT2D eigenvalue weighted by Gasteiger charge is -2.07. The number of rotatable bonds is 1. The quantitative estimate of drug-likeness (QED) is 0.565. The van der Waals surface area contributed by atoms with E-state index in [2.05, 4.69) is 15.9 Å². The number of carbonyl (C=O) groups is 1. The zero-order chi connectivity index (χ0) is 10.9. The van der Waals surface area contributed by atoms with Crippen molar-refractivity contribution in [3.63, 3.8) is 0 Å². The smallest absolute Gasteiger partial charge is 0.281 e. The van der Waals surface area contributed by atoms with Gasteiger partial charge in [0.2, 0.25) is 4.69 Å². The second kappa shape index (κ2) is 3.68. The van der Waals surface area contributed by atoms with Gasteiger partial charge in [0.25, 0.3) is 0 Å². The molecule has 0 aromatic heterocycles. The van der Waals surface area contributed by atoms with Crippen molar-refractivity contribution < 1.29 is 22.4 Å². The van der Waals surface area contributed by atoms with Crippen molar-refractivity contribution in [1.29, 1.82) is 0 Å². The summed E-state index contributed by atoms with van der Waals surface area (Å²) in [5.41, 5.74) is -1.54. The highest BCUT2D eigenvalue weighted by molar-refractivity contribution is 9.18. The first-order valence-electron chi connectivity index (χ1n) is 3.38. The molecule has 0 radical (unpaired) electrons. The first-order chi connectivity index (χ1) is 6.30. The van der Waals surface area contributed by atoms with Crippen LogP contribution in [0.15, 0.2) is 18.2 Å². The molecule has 0 aliphatic carbocycles. The SMILES string of the molecule is O=C(Br)c1cc(F)cc(C(F)(F)F)c1. The van der Waals surface area contributed by atoms with Crippen LogP contribution in [0.25, 0.3) is 0 Å². The fourth-order valence-electron chi connectivity index (χ4n) is 0.867. The molecule has 0 saturated carbocycles. The van der Waals surface area contributed by atoms with Gasteiger partial charge in [0.1, 0.15) is 5.82 Å². The van der Waals surface area contributed by atoms with Crippen molar-refractivity contribution in [2.24, 2.45) is 0 Å². The minimum atomic E-state index is -4.65. The predicted octanol–water partition coefficient (Wildman–Crippen LogP) is 3.38. The third-order valence-corrected chi connectivity index (χ3v) is 1.91. The average Bonchev–Trinajstić information content (AvgIpc) is 2.01. The van der Waals surface area contributed by atoms with Crippen LogP contribution in [0.3, 0.4) is 0 Å². The molecule has 1 aromatic rings. The highest BCUT2D eigenvalue weighted by atomic mass is 79.9. The summed E-state index contributed by atoms with van der Waals surface area (Å²) in [6, 6.07) is 1.64. The molecule has 0 fully saturated rings. The molecule has 0 unspecified atom stereocenters. The summed E-state index contributed by atoms with van der Waals surface area (Å²) < 4.78 is 48.2. The second-order valence-electron chi connectivity index (χ2n) is 2.50. The second-order valence-corrected chi connectivity index (χ2v) is 3.22. The molecule has 1 aromatic carbocycles. The maximum atomic E-state index is 12.6. The Morgan fingerprint density at radius 2 is 1.79 bits per heavy atom. The Hall–Kier alpha value is -0.910. The molecule has 0 saturated heterocycles. The number of benzene rings is 1. The normalized spacial score (nSPS) is 11.5. The third kappa shape index (κ3) is 2.54. The van der Waals surface area contributed by atoms with E-state index in [9.17, 15) is 22.4 Å². The van der Waals surface area contributed by atoms with E-state index in [4.69, 9.17) is 0 Å². The van der Waals surface area contributed by atoms with E-state index in [-0.39, 0.29) is 5.56 Å². The Bertz CT molecular complexity index is 372. The molecule has 0 spiro atoms. The first kappa shape index (κ1) is 11.2. The molecule has 76 valence electrons. The maximum absolute atomic E-state index is 12.6. The van der Waals surface area contributed by atoms with Crippen LogP contribution in [0.4, 0.5) is 17.6 Å². The fourth-order valence-corrected chi connectivity index (χ4v) is 1.10. The molecule has 0 bridgehead atoms. The summed E-state index contributed by atoms with van der Waals surface area (Å²) in [6.45, 7) is 0. The van der Waals surface area contributed by atoms with Crippen LogP contribution in [-0.2, 0) is 6.18 Å². The van der Waals surface area contributed by atoms with Gasteiger partial charge in [0, 0.05) is 5.56 Å². The molecule has 0 amide bonds. The van der Waals surface area contributed by atoms with Gasteiger partial charge in [0.15, 0.2) is 0 Å². The van der Waals surface area contributed by atoms with Crippen molar-refractivity contribution >= 4 is 20.6 Å².